The normalized spacial score (nSPS) is 13.2. The van der Waals surface area contributed by atoms with Crippen LogP contribution in [0.3, 0.4) is 0 Å². The fourth-order valence-electron chi connectivity index (χ4n) is 1.98. The van der Waals surface area contributed by atoms with Crippen molar-refractivity contribution in [3.05, 3.63) is 70.8 Å². The number of alkyl halides is 3. The first-order valence-corrected chi connectivity index (χ1v) is 6.14. The van der Waals surface area contributed by atoms with Crippen LogP contribution in [0.25, 0.3) is 0 Å². The Bertz CT molecular complexity index is 636. The average Bonchev–Trinajstić information content (AvgIpc) is 2.42. The molecule has 6 heteroatoms. The first-order valence-electron chi connectivity index (χ1n) is 6.14. The van der Waals surface area contributed by atoms with E-state index in [1.54, 1.807) is 0 Å². The standard InChI is InChI=1S/C15H12F5N/c16-12-5-4-9(6-13(12)17)7-14(21)10-2-1-3-11(8-10)15(18,19)20/h1-6,8,14H,7,21H2. The lowest BCUT2D eigenvalue weighted by Gasteiger charge is -2.15. The molecular weight excluding hydrogens is 289 g/mol. The highest BCUT2D eigenvalue weighted by molar-refractivity contribution is 5.29. The van der Waals surface area contributed by atoms with Crippen molar-refractivity contribution in [2.24, 2.45) is 5.73 Å². The maximum atomic E-state index is 13.1. The second-order valence-electron chi connectivity index (χ2n) is 4.68. The van der Waals surface area contributed by atoms with Crippen molar-refractivity contribution in [1.82, 2.24) is 0 Å². The monoisotopic (exact) mass is 301 g/mol. The van der Waals surface area contributed by atoms with Crippen molar-refractivity contribution in [2.75, 3.05) is 0 Å². The van der Waals surface area contributed by atoms with Gasteiger partial charge in [0.15, 0.2) is 11.6 Å². The predicted octanol–water partition coefficient (Wildman–Crippen LogP) is 4.23. The second-order valence-corrected chi connectivity index (χ2v) is 4.68. The minimum absolute atomic E-state index is 0.110. The van der Waals surface area contributed by atoms with Crippen LogP contribution in [0.5, 0.6) is 0 Å². The Kier molecular flexibility index (Phi) is 4.27. The van der Waals surface area contributed by atoms with Gasteiger partial charge >= 0.3 is 6.18 Å². The summed E-state index contributed by atoms with van der Waals surface area (Å²) in [4.78, 5) is 0. The Balaban J connectivity index is 2.20. The Morgan fingerprint density at radius 1 is 0.952 bits per heavy atom. The lowest BCUT2D eigenvalue weighted by molar-refractivity contribution is -0.137. The average molecular weight is 301 g/mol. The van der Waals surface area contributed by atoms with Gasteiger partial charge in [0.25, 0.3) is 0 Å². The van der Waals surface area contributed by atoms with Crippen LogP contribution < -0.4 is 5.73 Å². The smallest absolute Gasteiger partial charge is 0.324 e. The van der Waals surface area contributed by atoms with E-state index in [1.165, 1.54) is 18.2 Å². The van der Waals surface area contributed by atoms with Gasteiger partial charge in [0.1, 0.15) is 0 Å². The van der Waals surface area contributed by atoms with Crippen LogP contribution in [0, 0.1) is 11.6 Å². The van der Waals surface area contributed by atoms with Crippen LogP contribution in [0.1, 0.15) is 22.7 Å². The van der Waals surface area contributed by atoms with Crippen LogP contribution in [0.15, 0.2) is 42.5 Å². The molecule has 1 atom stereocenters. The fourth-order valence-corrected chi connectivity index (χ4v) is 1.98. The number of hydrogen-bond acceptors (Lipinski definition) is 1. The summed E-state index contributed by atoms with van der Waals surface area (Å²) in [7, 11) is 0. The highest BCUT2D eigenvalue weighted by Gasteiger charge is 2.30. The molecular formula is C15H12F5N. The van der Waals surface area contributed by atoms with Gasteiger partial charge in [-0.2, -0.15) is 13.2 Å². The van der Waals surface area contributed by atoms with Gasteiger partial charge in [0.05, 0.1) is 5.56 Å². The Morgan fingerprint density at radius 3 is 2.29 bits per heavy atom. The van der Waals surface area contributed by atoms with Gasteiger partial charge in [-0.15, -0.1) is 0 Å². The van der Waals surface area contributed by atoms with E-state index in [9.17, 15) is 22.0 Å². The van der Waals surface area contributed by atoms with Gasteiger partial charge in [-0.05, 0) is 41.8 Å². The molecule has 0 aliphatic rings. The van der Waals surface area contributed by atoms with Crippen LogP contribution in [0.4, 0.5) is 22.0 Å². The Morgan fingerprint density at radius 2 is 1.67 bits per heavy atom. The van der Waals surface area contributed by atoms with Gasteiger partial charge < -0.3 is 5.73 Å². The molecule has 0 aliphatic heterocycles. The summed E-state index contributed by atoms with van der Waals surface area (Å²) in [6, 6.07) is 7.22. The summed E-state index contributed by atoms with van der Waals surface area (Å²) >= 11 is 0. The third-order valence-corrected chi connectivity index (χ3v) is 3.08. The molecule has 0 amide bonds. The number of benzene rings is 2. The Labute approximate surface area is 118 Å². The van der Waals surface area contributed by atoms with Crippen molar-refractivity contribution in [1.29, 1.82) is 0 Å². The van der Waals surface area contributed by atoms with Crippen molar-refractivity contribution in [3.63, 3.8) is 0 Å². The zero-order chi connectivity index (χ0) is 15.6. The number of nitrogens with two attached hydrogens (primary N) is 1. The quantitative estimate of drug-likeness (QED) is 0.844. The summed E-state index contributed by atoms with van der Waals surface area (Å²) in [6.07, 6.45) is -4.34. The molecule has 0 saturated heterocycles. The van der Waals surface area contributed by atoms with E-state index in [4.69, 9.17) is 5.73 Å². The van der Waals surface area contributed by atoms with Crippen molar-refractivity contribution >= 4 is 0 Å². The third kappa shape index (κ3) is 3.78. The maximum Gasteiger partial charge on any atom is 0.416 e. The molecule has 112 valence electrons. The molecule has 21 heavy (non-hydrogen) atoms. The van der Waals surface area contributed by atoms with E-state index in [2.05, 4.69) is 0 Å². The fraction of sp³-hybridized carbons (Fsp3) is 0.200. The molecule has 1 nitrogen and oxygen atoms in total. The molecule has 0 saturated carbocycles. The predicted molar refractivity (Wildman–Crippen MR) is 68.4 cm³/mol. The summed E-state index contributed by atoms with van der Waals surface area (Å²) in [5.41, 5.74) is 5.75. The van der Waals surface area contributed by atoms with Gasteiger partial charge in [0.2, 0.25) is 0 Å². The zero-order valence-electron chi connectivity index (χ0n) is 10.8. The molecule has 0 bridgehead atoms. The molecule has 1 unspecified atom stereocenters. The molecule has 2 rings (SSSR count). The van der Waals surface area contributed by atoms with Crippen LogP contribution in [0.2, 0.25) is 0 Å². The largest absolute Gasteiger partial charge is 0.416 e. The molecule has 2 N–H and O–H groups in total. The molecule has 2 aromatic rings. The topological polar surface area (TPSA) is 26.0 Å². The van der Waals surface area contributed by atoms with E-state index in [0.717, 1.165) is 24.3 Å². The van der Waals surface area contributed by atoms with E-state index in [1.807, 2.05) is 0 Å². The van der Waals surface area contributed by atoms with Crippen molar-refractivity contribution < 1.29 is 22.0 Å². The molecule has 0 aromatic heterocycles. The highest BCUT2D eigenvalue weighted by Crippen LogP contribution is 2.31. The van der Waals surface area contributed by atoms with E-state index in [0.29, 0.717) is 5.56 Å². The molecule has 0 spiro atoms. The molecule has 0 fully saturated rings. The highest BCUT2D eigenvalue weighted by atomic mass is 19.4. The van der Waals surface area contributed by atoms with Gasteiger partial charge in [-0.1, -0.05) is 18.2 Å². The first-order chi connectivity index (χ1) is 9.77. The van der Waals surface area contributed by atoms with E-state index in [-0.39, 0.29) is 12.0 Å². The van der Waals surface area contributed by atoms with Gasteiger partial charge in [-0.25, -0.2) is 8.78 Å². The van der Waals surface area contributed by atoms with Crippen LogP contribution in [-0.4, -0.2) is 0 Å². The van der Waals surface area contributed by atoms with Gasteiger partial charge in [0, 0.05) is 6.04 Å². The summed E-state index contributed by atoms with van der Waals surface area (Å²) < 4.78 is 63.8. The number of hydrogen-bond donors (Lipinski definition) is 1. The minimum Gasteiger partial charge on any atom is -0.324 e. The van der Waals surface area contributed by atoms with E-state index >= 15 is 0 Å². The number of halogens is 5. The second kappa shape index (κ2) is 5.81. The Hall–Kier alpha value is -1.95. The lowest BCUT2D eigenvalue weighted by Crippen LogP contribution is -2.15. The summed E-state index contributed by atoms with van der Waals surface area (Å²) in [6.45, 7) is 0. The lowest BCUT2D eigenvalue weighted by atomic mass is 9.98. The third-order valence-electron chi connectivity index (χ3n) is 3.08. The summed E-state index contributed by atoms with van der Waals surface area (Å²) in [5.74, 6) is -1.99. The molecule has 2 aromatic carbocycles. The van der Waals surface area contributed by atoms with Crippen molar-refractivity contribution in [3.8, 4) is 0 Å². The molecule has 0 heterocycles. The SMILES string of the molecule is NC(Cc1ccc(F)c(F)c1)c1cccc(C(F)(F)F)c1. The van der Waals surface area contributed by atoms with E-state index < -0.39 is 29.4 Å². The van der Waals surface area contributed by atoms with Crippen molar-refractivity contribution in [2.45, 2.75) is 18.6 Å². The molecule has 0 radical (unpaired) electrons. The van der Waals surface area contributed by atoms with Gasteiger partial charge in [-0.3, -0.25) is 0 Å². The van der Waals surface area contributed by atoms with Crippen LogP contribution >= 0.6 is 0 Å². The summed E-state index contributed by atoms with van der Waals surface area (Å²) in [5, 5.41) is 0. The maximum absolute atomic E-state index is 13.1. The number of rotatable bonds is 3. The molecule has 0 aliphatic carbocycles. The first kappa shape index (κ1) is 15.4. The van der Waals surface area contributed by atoms with Crippen LogP contribution in [-0.2, 0) is 12.6 Å². The zero-order valence-corrected chi connectivity index (χ0v) is 10.8. The minimum atomic E-state index is -4.45.